The number of sulfonamides is 1. The van der Waals surface area contributed by atoms with Crippen molar-refractivity contribution < 1.29 is 17.9 Å². The molecule has 5 rings (SSSR count). The third-order valence-corrected chi connectivity index (χ3v) is 9.44. The first-order chi connectivity index (χ1) is 16.5. The summed E-state index contributed by atoms with van der Waals surface area (Å²) in [5, 5.41) is 0.894. The van der Waals surface area contributed by atoms with Crippen molar-refractivity contribution in [2.24, 2.45) is 0 Å². The van der Waals surface area contributed by atoms with E-state index in [1.807, 2.05) is 6.07 Å². The Morgan fingerprint density at radius 2 is 1.82 bits per heavy atom. The number of hydrogen-bond donors (Lipinski definition) is 0. The molecule has 7 nitrogen and oxygen atoms in total. The van der Waals surface area contributed by atoms with Crippen molar-refractivity contribution in [3.63, 3.8) is 0 Å². The van der Waals surface area contributed by atoms with Gasteiger partial charge in [-0.3, -0.25) is 0 Å². The maximum atomic E-state index is 13.2. The van der Waals surface area contributed by atoms with Gasteiger partial charge in [0.05, 0.1) is 41.8 Å². The topological polar surface area (TPSA) is 73.7 Å². The molecule has 0 unspecified atom stereocenters. The Hall–Kier alpha value is -1.91. The van der Waals surface area contributed by atoms with Crippen molar-refractivity contribution in [1.82, 2.24) is 13.9 Å². The molecule has 0 radical (unpaired) electrons. The molecule has 34 heavy (non-hydrogen) atoms. The number of aromatic nitrogens is 2. The molecule has 2 saturated heterocycles. The number of morpholine rings is 1. The van der Waals surface area contributed by atoms with Crippen LogP contribution in [0.15, 0.2) is 52.5 Å². The summed E-state index contributed by atoms with van der Waals surface area (Å²) < 4.78 is 41.3. The van der Waals surface area contributed by atoms with Crippen molar-refractivity contribution in [2.75, 3.05) is 32.9 Å². The molecular formula is C25H31N3O4S2. The van der Waals surface area contributed by atoms with Crippen LogP contribution < -0.4 is 0 Å². The van der Waals surface area contributed by atoms with Crippen molar-refractivity contribution >= 4 is 32.8 Å². The first-order valence-corrected chi connectivity index (χ1v) is 14.4. The fourth-order valence-electron chi connectivity index (χ4n) is 4.48. The Bertz CT molecular complexity index is 1230. The van der Waals surface area contributed by atoms with E-state index in [4.69, 9.17) is 14.5 Å². The van der Waals surface area contributed by atoms with Crippen LogP contribution in [0.4, 0.5) is 0 Å². The summed E-state index contributed by atoms with van der Waals surface area (Å²) in [5.74, 6) is 0.803. The molecule has 0 spiro atoms. The Kier molecular flexibility index (Phi) is 7.27. The molecule has 182 valence electrons. The molecule has 2 aromatic carbocycles. The van der Waals surface area contributed by atoms with Crippen LogP contribution >= 0.6 is 11.8 Å². The highest BCUT2D eigenvalue weighted by molar-refractivity contribution is 7.98. The first-order valence-electron chi connectivity index (χ1n) is 11.9. The largest absolute Gasteiger partial charge is 0.379 e. The number of imidazole rings is 1. The van der Waals surface area contributed by atoms with E-state index in [1.165, 1.54) is 15.4 Å². The highest BCUT2D eigenvalue weighted by Crippen LogP contribution is 2.31. The lowest BCUT2D eigenvalue weighted by molar-refractivity contribution is 0.0730. The van der Waals surface area contributed by atoms with Gasteiger partial charge in [-0.15, -0.1) is 0 Å². The number of benzene rings is 2. The number of nitrogens with zero attached hydrogens (tertiary/aromatic N) is 3. The number of ether oxygens (including phenoxy) is 2. The monoisotopic (exact) mass is 501 g/mol. The van der Waals surface area contributed by atoms with Crippen molar-refractivity contribution in [1.29, 1.82) is 0 Å². The van der Waals surface area contributed by atoms with Crippen molar-refractivity contribution in [3.05, 3.63) is 53.6 Å². The summed E-state index contributed by atoms with van der Waals surface area (Å²) in [4.78, 5) is 5.17. The molecule has 3 aromatic rings. The third kappa shape index (κ3) is 5.04. The minimum absolute atomic E-state index is 0.164. The second kappa shape index (κ2) is 10.4. The summed E-state index contributed by atoms with van der Waals surface area (Å²) in [6, 6.07) is 14.0. The van der Waals surface area contributed by atoms with Gasteiger partial charge in [0, 0.05) is 25.4 Å². The molecular weight excluding hydrogens is 470 g/mol. The van der Waals surface area contributed by atoms with Crippen LogP contribution in [-0.4, -0.2) is 61.3 Å². The minimum atomic E-state index is -3.57. The molecule has 0 aliphatic carbocycles. The molecule has 3 heterocycles. The van der Waals surface area contributed by atoms with Gasteiger partial charge in [-0.05, 0) is 48.6 Å². The predicted molar refractivity (Wildman–Crippen MR) is 134 cm³/mol. The Labute approximate surface area is 205 Å². The zero-order valence-corrected chi connectivity index (χ0v) is 21.1. The standard InChI is InChI=1S/C25H31N3O4S2/c1-2-19-5-7-20(8-6-19)18-33-25-26-23-16-22(34(29,30)27-11-14-31-15-12-27)9-10-24(23)28(25)17-21-4-3-13-32-21/h5-10,16,21H,2-4,11-15,17-18H2,1H3/t21-/m1/s1. The number of fused-ring (bicyclic) bond motifs is 1. The van der Waals surface area contributed by atoms with E-state index in [0.717, 1.165) is 48.8 Å². The molecule has 0 N–H and O–H groups in total. The van der Waals surface area contributed by atoms with Crippen LogP contribution in [0.3, 0.4) is 0 Å². The highest BCUT2D eigenvalue weighted by atomic mass is 32.2. The van der Waals surface area contributed by atoms with Crippen LogP contribution in [0.1, 0.15) is 30.9 Å². The molecule has 2 aliphatic rings. The van der Waals surface area contributed by atoms with E-state index in [9.17, 15) is 8.42 Å². The second-order valence-electron chi connectivity index (χ2n) is 8.77. The van der Waals surface area contributed by atoms with Gasteiger partial charge >= 0.3 is 0 Å². The molecule has 2 fully saturated rings. The number of hydrogen-bond acceptors (Lipinski definition) is 6. The van der Waals surface area contributed by atoms with Gasteiger partial charge in [-0.2, -0.15) is 4.31 Å². The van der Waals surface area contributed by atoms with E-state index in [0.29, 0.717) is 31.8 Å². The van der Waals surface area contributed by atoms with Gasteiger partial charge in [0.2, 0.25) is 10.0 Å². The van der Waals surface area contributed by atoms with Gasteiger partial charge < -0.3 is 14.0 Å². The van der Waals surface area contributed by atoms with Crippen LogP contribution in [0, 0.1) is 0 Å². The normalized spacial score (nSPS) is 19.7. The maximum absolute atomic E-state index is 13.2. The quantitative estimate of drug-likeness (QED) is 0.433. The van der Waals surface area contributed by atoms with E-state index in [2.05, 4.69) is 35.8 Å². The maximum Gasteiger partial charge on any atom is 0.243 e. The SMILES string of the molecule is CCc1ccc(CSc2nc3cc(S(=O)(=O)N4CCOCC4)ccc3n2C[C@H]2CCCO2)cc1. The van der Waals surface area contributed by atoms with E-state index >= 15 is 0 Å². The Balaban J connectivity index is 1.45. The third-order valence-electron chi connectivity index (χ3n) is 6.50. The molecule has 0 saturated carbocycles. The van der Waals surface area contributed by atoms with Gasteiger partial charge in [0.15, 0.2) is 5.16 Å². The van der Waals surface area contributed by atoms with Crippen molar-refractivity contribution in [3.8, 4) is 0 Å². The van der Waals surface area contributed by atoms with Crippen LogP contribution in [0.5, 0.6) is 0 Å². The number of aryl methyl sites for hydroxylation is 1. The molecule has 9 heteroatoms. The Morgan fingerprint density at radius 1 is 1.06 bits per heavy atom. The number of thioether (sulfide) groups is 1. The molecule has 1 aromatic heterocycles. The summed E-state index contributed by atoms with van der Waals surface area (Å²) in [5.41, 5.74) is 4.22. The average Bonchev–Trinajstić information content (AvgIpc) is 3.51. The van der Waals surface area contributed by atoms with Gasteiger partial charge in [0.25, 0.3) is 0 Å². The van der Waals surface area contributed by atoms with Gasteiger partial charge in [-0.1, -0.05) is 43.0 Å². The lowest BCUT2D eigenvalue weighted by atomic mass is 10.1. The smallest absolute Gasteiger partial charge is 0.243 e. The Morgan fingerprint density at radius 3 is 2.53 bits per heavy atom. The summed E-state index contributed by atoms with van der Waals surface area (Å²) in [6.45, 7) is 5.30. The fraction of sp³-hybridized carbons (Fsp3) is 0.480. The van der Waals surface area contributed by atoms with Crippen LogP contribution in [-0.2, 0) is 38.2 Å². The summed E-state index contributed by atoms with van der Waals surface area (Å²) in [7, 11) is -3.57. The molecule has 0 amide bonds. The first kappa shape index (κ1) is 23.8. The highest BCUT2D eigenvalue weighted by Gasteiger charge is 2.27. The molecule has 1 atom stereocenters. The van der Waals surface area contributed by atoms with Crippen molar-refractivity contribution in [2.45, 2.75) is 54.6 Å². The second-order valence-corrected chi connectivity index (χ2v) is 11.6. The zero-order chi connectivity index (χ0) is 23.5. The van der Waals surface area contributed by atoms with E-state index < -0.39 is 10.0 Å². The lowest BCUT2D eigenvalue weighted by Gasteiger charge is -2.26. The summed E-state index contributed by atoms with van der Waals surface area (Å²) in [6.07, 6.45) is 3.30. The lowest BCUT2D eigenvalue weighted by Crippen LogP contribution is -2.40. The zero-order valence-electron chi connectivity index (χ0n) is 19.5. The fourth-order valence-corrected chi connectivity index (χ4v) is 6.89. The molecule has 0 bridgehead atoms. The van der Waals surface area contributed by atoms with Crippen LogP contribution in [0.25, 0.3) is 11.0 Å². The van der Waals surface area contributed by atoms with E-state index in [-0.39, 0.29) is 11.0 Å². The average molecular weight is 502 g/mol. The van der Waals surface area contributed by atoms with Gasteiger partial charge in [0.1, 0.15) is 0 Å². The summed E-state index contributed by atoms with van der Waals surface area (Å²) >= 11 is 1.68. The predicted octanol–water partition coefficient (Wildman–Crippen LogP) is 4.09. The minimum Gasteiger partial charge on any atom is -0.379 e. The molecule has 2 aliphatic heterocycles. The van der Waals surface area contributed by atoms with Crippen LogP contribution in [0.2, 0.25) is 0 Å². The van der Waals surface area contributed by atoms with E-state index in [1.54, 1.807) is 23.9 Å². The van der Waals surface area contributed by atoms with Gasteiger partial charge in [-0.25, -0.2) is 13.4 Å². The number of rotatable bonds is 8.